The highest BCUT2D eigenvalue weighted by atomic mass is 16.3. The van der Waals surface area contributed by atoms with E-state index in [0.29, 0.717) is 0 Å². The molecule has 0 unspecified atom stereocenters. The molecule has 0 saturated carbocycles. The van der Waals surface area contributed by atoms with Gasteiger partial charge in [0.2, 0.25) is 0 Å². The van der Waals surface area contributed by atoms with Crippen molar-refractivity contribution in [1.82, 2.24) is 9.13 Å². The number of hydrogen-bond acceptors (Lipinski definition) is 2. The average molecular weight is 758 g/mol. The third kappa shape index (κ3) is 5.97. The van der Waals surface area contributed by atoms with Crippen molar-refractivity contribution in [3.05, 3.63) is 224 Å². The SMILES string of the molecule is OCc1ccc2c(c1)c1cc(-c3ccc4c(c3)c3cc(-c5ccc(N(c6ccccc6)c6ccccc6)cc5)ccc3n4-c3ccccc3)ccc1n2-c1ccccc1. The summed E-state index contributed by atoms with van der Waals surface area (Å²) in [4.78, 5) is 2.30. The minimum absolute atomic E-state index is 0.00172. The molecule has 4 nitrogen and oxygen atoms in total. The summed E-state index contributed by atoms with van der Waals surface area (Å²) in [6, 6.07) is 78.0. The summed E-state index contributed by atoms with van der Waals surface area (Å²) in [5, 5.41) is 14.8. The lowest BCUT2D eigenvalue weighted by Gasteiger charge is -2.25. The quantitative estimate of drug-likeness (QED) is 0.167. The number of para-hydroxylation sites is 4. The number of anilines is 3. The van der Waals surface area contributed by atoms with Crippen molar-refractivity contribution < 1.29 is 5.11 Å². The van der Waals surface area contributed by atoms with Gasteiger partial charge in [-0.25, -0.2) is 0 Å². The fourth-order valence-corrected chi connectivity index (χ4v) is 8.85. The van der Waals surface area contributed by atoms with E-state index in [0.717, 1.165) is 78.0 Å². The number of nitrogens with zero attached hydrogens (tertiary/aromatic N) is 3. The van der Waals surface area contributed by atoms with Crippen LogP contribution in [0.25, 0.3) is 77.2 Å². The van der Waals surface area contributed by atoms with Crippen molar-refractivity contribution in [1.29, 1.82) is 0 Å². The van der Waals surface area contributed by atoms with Gasteiger partial charge in [0.15, 0.2) is 0 Å². The highest BCUT2D eigenvalue weighted by molar-refractivity contribution is 6.13. The minimum Gasteiger partial charge on any atom is -0.392 e. The van der Waals surface area contributed by atoms with Crippen molar-refractivity contribution in [2.75, 3.05) is 4.90 Å². The molecule has 4 heteroatoms. The van der Waals surface area contributed by atoms with Gasteiger partial charge < -0.3 is 19.1 Å². The van der Waals surface area contributed by atoms with E-state index < -0.39 is 0 Å². The third-order valence-electron chi connectivity index (χ3n) is 11.6. The van der Waals surface area contributed by atoms with Crippen LogP contribution in [0.3, 0.4) is 0 Å². The highest BCUT2D eigenvalue weighted by Crippen LogP contribution is 2.41. The second kappa shape index (κ2) is 14.4. The van der Waals surface area contributed by atoms with E-state index in [4.69, 9.17) is 0 Å². The third-order valence-corrected chi connectivity index (χ3v) is 11.6. The first-order chi connectivity index (χ1) is 29.2. The second-order valence-corrected chi connectivity index (χ2v) is 15.1. The summed E-state index contributed by atoms with van der Waals surface area (Å²) in [6.45, 7) is 0.00172. The number of hydrogen-bond donors (Lipinski definition) is 1. The Labute approximate surface area is 342 Å². The van der Waals surface area contributed by atoms with Gasteiger partial charge in [-0.3, -0.25) is 0 Å². The lowest BCUT2D eigenvalue weighted by molar-refractivity contribution is 0.282. The fourth-order valence-electron chi connectivity index (χ4n) is 8.85. The fraction of sp³-hybridized carbons (Fsp3) is 0.0182. The Bertz CT molecular complexity index is 3240. The number of benzene rings is 9. The number of aliphatic hydroxyl groups excluding tert-OH is 1. The topological polar surface area (TPSA) is 33.3 Å². The van der Waals surface area contributed by atoms with E-state index in [1.807, 2.05) is 6.07 Å². The summed E-state index contributed by atoms with van der Waals surface area (Å²) in [6.07, 6.45) is 0. The first-order valence-corrected chi connectivity index (χ1v) is 20.1. The molecule has 0 aliphatic rings. The average Bonchev–Trinajstić information content (AvgIpc) is 3.82. The maximum atomic E-state index is 10.1. The van der Waals surface area contributed by atoms with Crippen molar-refractivity contribution in [3.63, 3.8) is 0 Å². The predicted molar refractivity (Wildman–Crippen MR) is 247 cm³/mol. The Morgan fingerprint density at radius 2 is 0.661 bits per heavy atom. The predicted octanol–water partition coefficient (Wildman–Crippen LogP) is 14.2. The highest BCUT2D eigenvalue weighted by Gasteiger charge is 2.18. The Morgan fingerprint density at radius 3 is 1.08 bits per heavy atom. The van der Waals surface area contributed by atoms with Crippen LogP contribution in [0, 0.1) is 0 Å². The molecule has 11 aromatic rings. The maximum Gasteiger partial charge on any atom is 0.0682 e. The van der Waals surface area contributed by atoms with Gasteiger partial charge in [0, 0.05) is 50.0 Å². The molecule has 0 spiro atoms. The van der Waals surface area contributed by atoms with Crippen LogP contribution in [0.15, 0.2) is 218 Å². The summed E-state index contributed by atoms with van der Waals surface area (Å²) in [7, 11) is 0. The van der Waals surface area contributed by atoms with Crippen LogP contribution in [-0.2, 0) is 6.61 Å². The molecule has 1 N–H and O–H groups in total. The summed E-state index contributed by atoms with van der Waals surface area (Å²) >= 11 is 0. The largest absolute Gasteiger partial charge is 0.392 e. The Morgan fingerprint density at radius 1 is 0.322 bits per heavy atom. The van der Waals surface area contributed by atoms with Crippen LogP contribution in [-0.4, -0.2) is 14.2 Å². The maximum absolute atomic E-state index is 10.1. The molecule has 2 aromatic heterocycles. The number of aromatic nitrogens is 2. The molecule has 11 rings (SSSR count). The summed E-state index contributed by atoms with van der Waals surface area (Å²) in [5.74, 6) is 0. The van der Waals surface area contributed by atoms with Crippen LogP contribution < -0.4 is 4.90 Å². The first-order valence-electron chi connectivity index (χ1n) is 20.1. The van der Waals surface area contributed by atoms with Gasteiger partial charge in [-0.15, -0.1) is 0 Å². The van der Waals surface area contributed by atoms with Gasteiger partial charge in [0.25, 0.3) is 0 Å². The molecule has 0 bridgehead atoms. The van der Waals surface area contributed by atoms with E-state index in [1.54, 1.807) is 0 Å². The molecule has 0 fully saturated rings. The van der Waals surface area contributed by atoms with Gasteiger partial charge in [0.1, 0.15) is 0 Å². The van der Waals surface area contributed by atoms with Gasteiger partial charge in [0.05, 0.1) is 28.7 Å². The first kappa shape index (κ1) is 34.6. The molecule has 0 atom stereocenters. The molecule has 280 valence electrons. The zero-order chi connectivity index (χ0) is 39.3. The monoisotopic (exact) mass is 757 g/mol. The van der Waals surface area contributed by atoms with Crippen molar-refractivity contribution >= 4 is 60.7 Å². The van der Waals surface area contributed by atoms with Gasteiger partial charge in [-0.1, -0.05) is 109 Å². The van der Waals surface area contributed by atoms with E-state index in [1.165, 1.54) is 21.9 Å². The number of aliphatic hydroxyl groups is 1. The van der Waals surface area contributed by atoms with E-state index >= 15 is 0 Å². The zero-order valence-electron chi connectivity index (χ0n) is 32.3. The van der Waals surface area contributed by atoms with Gasteiger partial charge in [-0.05, 0) is 137 Å². The standard InChI is InChI=1S/C55H39N3O/c59-37-38-21-29-52-48(33-38)49-35-41(25-31-53(49)57(52)45-17-9-3-10-18-45)42-26-32-55-51(36-42)50-34-40(24-30-54(50)58(55)46-19-11-4-12-20-46)39-22-27-47(28-23-39)56(43-13-5-1-6-14-43)44-15-7-2-8-16-44/h1-36,59H,37H2. The Balaban J connectivity index is 1.05. The normalized spacial score (nSPS) is 11.5. The van der Waals surface area contributed by atoms with E-state index in [9.17, 15) is 5.11 Å². The van der Waals surface area contributed by atoms with E-state index in [2.05, 4.69) is 226 Å². The molecule has 0 saturated heterocycles. The molecule has 59 heavy (non-hydrogen) atoms. The van der Waals surface area contributed by atoms with Gasteiger partial charge >= 0.3 is 0 Å². The molecule has 0 amide bonds. The molecule has 0 aliphatic heterocycles. The van der Waals surface area contributed by atoms with Crippen LogP contribution in [0.4, 0.5) is 17.1 Å². The number of rotatable bonds is 8. The molecule has 2 heterocycles. The molecular weight excluding hydrogens is 719 g/mol. The lowest BCUT2D eigenvalue weighted by Crippen LogP contribution is -2.09. The minimum atomic E-state index is 0.00172. The Kier molecular flexibility index (Phi) is 8.42. The smallest absolute Gasteiger partial charge is 0.0682 e. The van der Waals surface area contributed by atoms with Gasteiger partial charge in [-0.2, -0.15) is 0 Å². The molecule has 0 aliphatic carbocycles. The van der Waals surface area contributed by atoms with Crippen LogP contribution in [0.2, 0.25) is 0 Å². The summed E-state index contributed by atoms with van der Waals surface area (Å²) < 4.78 is 4.70. The summed E-state index contributed by atoms with van der Waals surface area (Å²) in [5.41, 5.74) is 15.7. The second-order valence-electron chi connectivity index (χ2n) is 15.1. The Hall–Kier alpha value is -7.66. The van der Waals surface area contributed by atoms with Crippen LogP contribution in [0.5, 0.6) is 0 Å². The molecule has 9 aromatic carbocycles. The zero-order valence-corrected chi connectivity index (χ0v) is 32.3. The van der Waals surface area contributed by atoms with Crippen molar-refractivity contribution in [2.24, 2.45) is 0 Å². The molecule has 0 radical (unpaired) electrons. The lowest BCUT2D eigenvalue weighted by atomic mass is 9.99. The van der Waals surface area contributed by atoms with Crippen molar-refractivity contribution in [3.8, 4) is 33.6 Å². The molecular formula is C55H39N3O. The van der Waals surface area contributed by atoms with Crippen LogP contribution in [0.1, 0.15) is 5.56 Å². The number of fused-ring (bicyclic) bond motifs is 6. The van der Waals surface area contributed by atoms with E-state index in [-0.39, 0.29) is 6.61 Å². The van der Waals surface area contributed by atoms with Crippen LogP contribution >= 0.6 is 0 Å². The van der Waals surface area contributed by atoms with Crippen molar-refractivity contribution in [2.45, 2.75) is 6.61 Å².